The second kappa shape index (κ2) is 10.9. The summed E-state index contributed by atoms with van der Waals surface area (Å²) in [6.45, 7) is -1.04. The molecule has 0 radical (unpaired) electrons. The standard InChI is InChI=1S/C18H34N4O10/c1-21-12-13(26)14-10(2-6(19)16(28)31-14)29-18(12)32-17-9(25)3-8(11(5-24)30-17)22-15(27)7(20)4-23/h6-14,16-18,21,23-26,28H,2-5,19-20H2,1H3,(H,22,27)/t6-,7-,8-,9-,10-,11?,12?,13?,14?,16?,17?,18?/m0/s1. The predicted octanol–water partition coefficient (Wildman–Crippen LogP) is -5.62. The van der Waals surface area contributed by atoms with Gasteiger partial charge in [0.15, 0.2) is 18.9 Å². The van der Waals surface area contributed by atoms with Gasteiger partial charge in [-0.25, -0.2) is 0 Å². The van der Waals surface area contributed by atoms with Gasteiger partial charge in [-0.1, -0.05) is 0 Å². The zero-order chi connectivity index (χ0) is 23.6. The Kier molecular flexibility index (Phi) is 8.76. The van der Waals surface area contributed by atoms with Gasteiger partial charge in [-0.05, 0) is 13.5 Å². The molecule has 3 aliphatic heterocycles. The minimum atomic E-state index is -1.24. The van der Waals surface area contributed by atoms with E-state index in [-0.39, 0.29) is 12.8 Å². The smallest absolute Gasteiger partial charge is 0.239 e. The molecule has 3 saturated heterocycles. The monoisotopic (exact) mass is 466 g/mol. The first-order valence-electron chi connectivity index (χ1n) is 10.6. The highest BCUT2D eigenvalue weighted by atomic mass is 16.8. The van der Waals surface area contributed by atoms with E-state index < -0.39 is 92.7 Å². The first-order valence-corrected chi connectivity index (χ1v) is 10.6. The Morgan fingerprint density at radius 3 is 2.50 bits per heavy atom. The Balaban J connectivity index is 1.66. The van der Waals surface area contributed by atoms with Crippen LogP contribution in [0.25, 0.3) is 0 Å². The van der Waals surface area contributed by atoms with Crippen molar-refractivity contribution in [3.8, 4) is 0 Å². The molecule has 0 bridgehead atoms. The van der Waals surface area contributed by atoms with Crippen molar-refractivity contribution in [1.29, 1.82) is 0 Å². The highest BCUT2D eigenvalue weighted by Crippen LogP contribution is 2.33. The van der Waals surface area contributed by atoms with Gasteiger partial charge < -0.3 is 66.6 Å². The van der Waals surface area contributed by atoms with E-state index in [0.29, 0.717) is 0 Å². The summed E-state index contributed by atoms with van der Waals surface area (Å²) in [5.74, 6) is -0.651. The third-order valence-corrected chi connectivity index (χ3v) is 6.05. The van der Waals surface area contributed by atoms with Gasteiger partial charge >= 0.3 is 0 Å². The molecule has 0 aliphatic carbocycles. The lowest BCUT2D eigenvalue weighted by atomic mass is 9.90. The minimum Gasteiger partial charge on any atom is -0.394 e. The average Bonchev–Trinajstić information content (AvgIpc) is 2.76. The average molecular weight is 466 g/mol. The van der Waals surface area contributed by atoms with Crippen molar-refractivity contribution in [1.82, 2.24) is 10.6 Å². The van der Waals surface area contributed by atoms with Gasteiger partial charge in [0.1, 0.15) is 30.5 Å². The summed E-state index contributed by atoms with van der Waals surface area (Å²) in [5, 5.41) is 55.2. The molecule has 14 heteroatoms. The summed E-state index contributed by atoms with van der Waals surface area (Å²) in [7, 11) is 1.57. The number of nitrogens with one attached hydrogen (secondary N) is 2. The maximum Gasteiger partial charge on any atom is 0.239 e. The number of nitrogens with two attached hydrogens (primary N) is 2. The zero-order valence-electron chi connectivity index (χ0n) is 17.7. The third-order valence-electron chi connectivity index (χ3n) is 6.05. The molecule has 0 aromatic carbocycles. The molecule has 14 nitrogen and oxygen atoms in total. The molecule has 11 N–H and O–H groups in total. The molecule has 3 fully saturated rings. The summed E-state index contributed by atoms with van der Waals surface area (Å²) in [4.78, 5) is 12.0. The van der Waals surface area contributed by atoms with Crippen molar-refractivity contribution >= 4 is 5.91 Å². The Morgan fingerprint density at radius 1 is 1.16 bits per heavy atom. The first-order chi connectivity index (χ1) is 15.2. The van der Waals surface area contributed by atoms with E-state index in [2.05, 4.69) is 10.6 Å². The lowest BCUT2D eigenvalue weighted by Crippen LogP contribution is -2.68. The highest BCUT2D eigenvalue weighted by Gasteiger charge is 2.51. The van der Waals surface area contributed by atoms with Crippen LogP contribution in [0.3, 0.4) is 0 Å². The van der Waals surface area contributed by atoms with Crippen molar-refractivity contribution < 1.29 is 49.3 Å². The van der Waals surface area contributed by atoms with Crippen molar-refractivity contribution in [2.75, 3.05) is 20.3 Å². The summed E-state index contributed by atoms with van der Waals surface area (Å²) in [5.41, 5.74) is 11.3. The largest absolute Gasteiger partial charge is 0.394 e. The van der Waals surface area contributed by atoms with Crippen molar-refractivity contribution in [2.45, 2.75) is 86.4 Å². The quantitative estimate of drug-likeness (QED) is 0.170. The molecule has 3 heterocycles. The third kappa shape index (κ3) is 5.38. The highest BCUT2D eigenvalue weighted by molar-refractivity contribution is 5.81. The molecule has 12 atom stereocenters. The lowest BCUT2D eigenvalue weighted by Gasteiger charge is -2.49. The second-order valence-corrected chi connectivity index (χ2v) is 8.31. The van der Waals surface area contributed by atoms with E-state index in [0.717, 1.165) is 0 Å². The topological polar surface area (TPSA) is 231 Å². The van der Waals surface area contributed by atoms with Crippen LogP contribution in [0.2, 0.25) is 0 Å². The summed E-state index contributed by atoms with van der Waals surface area (Å²) in [6, 6.07) is -3.42. The van der Waals surface area contributed by atoms with Gasteiger partial charge in [0.05, 0.1) is 37.4 Å². The van der Waals surface area contributed by atoms with Gasteiger partial charge in [-0.15, -0.1) is 0 Å². The SMILES string of the molecule is CNC1C(OC2OC(CO)[C@@H](NC(=O)[C@@H](N)CO)C[C@@H]2O)O[C@H]2C[C@H](N)C(O)OC2C1O. The fourth-order valence-corrected chi connectivity index (χ4v) is 4.18. The molecule has 0 aromatic rings. The van der Waals surface area contributed by atoms with Crippen molar-refractivity contribution in [2.24, 2.45) is 11.5 Å². The van der Waals surface area contributed by atoms with Crippen LogP contribution in [0.4, 0.5) is 0 Å². The molecule has 186 valence electrons. The van der Waals surface area contributed by atoms with Gasteiger partial charge in [0, 0.05) is 6.42 Å². The molecule has 3 aliphatic rings. The summed E-state index contributed by atoms with van der Waals surface area (Å²) < 4.78 is 22.8. The molecular weight excluding hydrogens is 432 g/mol. The molecule has 0 aromatic heterocycles. The van der Waals surface area contributed by atoms with Crippen LogP contribution in [0, 0.1) is 0 Å². The van der Waals surface area contributed by atoms with Crippen molar-refractivity contribution in [3.63, 3.8) is 0 Å². The molecule has 0 spiro atoms. The van der Waals surface area contributed by atoms with Gasteiger partial charge in [0.2, 0.25) is 5.91 Å². The minimum absolute atomic E-state index is 0.0223. The molecule has 7 unspecified atom stereocenters. The van der Waals surface area contributed by atoms with Crippen LogP contribution in [0.15, 0.2) is 0 Å². The van der Waals surface area contributed by atoms with Crippen LogP contribution >= 0.6 is 0 Å². The second-order valence-electron chi connectivity index (χ2n) is 8.31. The lowest BCUT2D eigenvalue weighted by molar-refractivity contribution is -0.361. The van der Waals surface area contributed by atoms with E-state index in [1.54, 1.807) is 7.05 Å². The number of aliphatic hydroxyl groups excluding tert-OH is 5. The number of likely N-dealkylation sites (N-methyl/N-ethyl adjacent to an activating group) is 1. The maximum absolute atomic E-state index is 12.0. The number of hydrogen-bond donors (Lipinski definition) is 9. The van der Waals surface area contributed by atoms with Gasteiger partial charge in [0.25, 0.3) is 0 Å². The van der Waals surface area contributed by atoms with Crippen LogP contribution < -0.4 is 22.1 Å². The predicted molar refractivity (Wildman–Crippen MR) is 105 cm³/mol. The Labute approximate surface area is 184 Å². The number of ether oxygens (including phenoxy) is 4. The van der Waals surface area contributed by atoms with Gasteiger partial charge in [-0.3, -0.25) is 4.79 Å². The molecular formula is C18H34N4O10. The van der Waals surface area contributed by atoms with Crippen LogP contribution in [0.1, 0.15) is 12.8 Å². The Morgan fingerprint density at radius 2 is 1.88 bits per heavy atom. The van der Waals surface area contributed by atoms with Crippen LogP contribution in [-0.4, -0.2) is 125 Å². The normalized spacial score (nSPS) is 45.7. The molecule has 3 rings (SSSR count). The number of aliphatic hydroxyl groups is 5. The number of fused-ring (bicyclic) bond motifs is 1. The summed E-state index contributed by atoms with van der Waals surface area (Å²) in [6.07, 6.45) is -8.10. The van der Waals surface area contributed by atoms with E-state index in [1.807, 2.05) is 0 Å². The number of hydrogen-bond acceptors (Lipinski definition) is 13. The Bertz CT molecular complexity index is 631. The molecule has 0 saturated carbocycles. The summed E-state index contributed by atoms with van der Waals surface area (Å²) >= 11 is 0. The zero-order valence-corrected chi connectivity index (χ0v) is 17.7. The van der Waals surface area contributed by atoms with Crippen LogP contribution in [0.5, 0.6) is 0 Å². The number of carbonyl (C=O) groups excluding carboxylic acids is 1. The maximum atomic E-state index is 12.0. The number of amides is 1. The fraction of sp³-hybridized carbons (Fsp3) is 0.944. The van der Waals surface area contributed by atoms with E-state index in [4.69, 9.17) is 35.5 Å². The van der Waals surface area contributed by atoms with Crippen LogP contribution in [-0.2, 0) is 23.7 Å². The van der Waals surface area contributed by atoms with Gasteiger partial charge in [-0.2, -0.15) is 0 Å². The van der Waals surface area contributed by atoms with E-state index in [1.165, 1.54) is 0 Å². The van der Waals surface area contributed by atoms with E-state index >= 15 is 0 Å². The molecule has 1 amide bonds. The fourth-order valence-electron chi connectivity index (χ4n) is 4.18. The number of carbonyl (C=O) groups is 1. The Hall–Kier alpha value is -1.01. The first kappa shape index (κ1) is 25.6. The molecule has 32 heavy (non-hydrogen) atoms. The number of rotatable bonds is 7. The van der Waals surface area contributed by atoms with E-state index in [9.17, 15) is 25.2 Å². The van der Waals surface area contributed by atoms with Crippen molar-refractivity contribution in [3.05, 3.63) is 0 Å².